The minimum absolute atomic E-state index is 0.0344. The molecular weight excluding hydrogens is 380 g/mol. The van der Waals surface area contributed by atoms with Crippen molar-refractivity contribution in [2.24, 2.45) is 0 Å². The van der Waals surface area contributed by atoms with Gasteiger partial charge in [0.2, 0.25) is 5.91 Å². The summed E-state index contributed by atoms with van der Waals surface area (Å²) < 4.78 is 28.3. The molecule has 138 valence electrons. The van der Waals surface area contributed by atoms with Gasteiger partial charge in [0.25, 0.3) is 10.0 Å². The van der Waals surface area contributed by atoms with Crippen molar-refractivity contribution in [1.82, 2.24) is 0 Å². The highest BCUT2D eigenvalue weighted by Gasteiger charge is 2.24. The van der Waals surface area contributed by atoms with E-state index in [-0.39, 0.29) is 10.8 Å². The van der Waals surface area contributed by atoms with Gasteiger partial charge >= 0.3 is 0 Å². The third-order valence-corrected chi connectivity index (χ3v) is 6.86. The molecule has 5 nitrogen and oxygen atoms in total. The molecule has 0 saturated heterocycles. The van der Waals surface area contributed by atoms with Crippen molar-refractivity contribution in [3.05, 3.63) is 65.5 Å². The second-order valence-electron chi connectivity index (χ2n) is 6.37. The van der Waals surface area contributed by atoms with Gasteiger partial charge < -0.3 is 4.90 Å². The molecular formula is C20H18N2O3S2. The molecule has 7 heteroatoms. The summed E-state index contributed by atoms with van der Waals surface area (Å²) in [6.45, 7) is 2.10. The molecule has 0 fully saturated rings. The Hall–Kier alpha value is -2.64. The van der Waals surface area contributed by atoms with E-state index in [9.17, 15) is 13.2 Å². The van der Waals surface area contributed by atoms with Gasteiger partial charge in [-0.05, 0) is 59.3 Å². The Bertz CT molecular complexity index is 1110. The number of benzene rings is 2. The van der Waals surface area contributed by atoms with Crippen LogP contribution in [0.15, 0.2) is 64.9 Å². The number of amides is 1. The number of hydrogen-bond donors (Lipinski definition) is 1. The van der Waals surface area contributed by atoms with Gasteiger partial charge in [-0.15, -0.1) is 11.3 Å². The van der Waals surface area contributed by atoms with Crippen LogP contribution in [0.3, 0.4) is 0 Å². The summed E-state index contributed by atoms with van der Waals surface area (Å²) in [5.41, 5.74) is 3.16. The van der Waals surface area contributed by atoms with Crippen molar-refractivity contribution in [1.29, 1.82) is 0 Å². The van der Waals surface area contributed by atoms with E-state index in [1.54, 1.807) is 40.5 Å². The predicted molar refractivity (Wildman–Crippen MR) is 109 cm³/mol. The van der Waals surface area contributed by atoms with Gasteiger partial charge in [0.1, 0.15) is 0 Å². The first-order valence-electron chi connectivity index (χ1n) is 8.52. The van der Waals surface area contributed by atoms with Crippen LogP contribution in [-0.2, 0) is 21.2 Å². The SMILES string of the molecule is CC(=O)N1CCc2cc(S(=O)(=O)Nc3cccc(-c4cccs4)c3)ccc21. The first-order chi connectivity index (χ1) is 12.9. The van der Waals surface area contributed by atoms with E-state index in [1.165, 1.54) is 6.92 Å². The molecule has 27 heavy (non-hydrogen) atoms. The quantitative estimate of drug-likeness (QED) is 0.719. The minimum atomic E-state index is -3.71. The molecule has 0 radical (unpaired) electrons. The lowest BCUT2D eigenvalue weighted by atomic mass is 10.2. The van der Waals surface area contributed by atoms with E-state index in [4.69, 9.17) is 0 Å². The van der Waals surface area contributed by atoms with E-state index < -0.39 is 10.0 Å². The number of hydrogen-bond acceptors (Lipinski definition) is 4. The van der Waals surface area contributed by atoms with Crippen molar-refractivity contribution in [2.45, 2.75) is 18.2 Å². The van der Waals surface area contributed by atoms with Crippen LogP contribution in [0.4, 0.5) is 11.4 Å². The molecule has 1 amide bonds. The largest absolute Gasteiger partial charge is 0.312 e. The number of nitrogens with one attached hydrogen (secondary N) is 1. The monoisotopic (exact) mass is 398 g/mol. The molecule has 4 rings (SSSR count). The van der Waals surface area contributed by atoms with Crippen LogP contribution < -0.4 is 9.62 Å². The Morgan fingerprint density at radius 1 is 1.11 bits per heavy atom. The number of fused-ring (bicyclic) bond motifs is 1. The molecule has 0 spiro atoms. The number of rotatable bonds is 4. The maximum atomic E-state index is 12.8. The third-order valence-electron chi connectivity index (χ3n) is 4.56. The van der Waals surface area contributed by atoms with E-state index in [1.807, 2.05) is 35.7 Å². The fourth-order valence-electron chi connectivity index (χ4n) is 3.27. The summed E-state index contributed by atoms with van der Waals surface area (Å²) in [6, 6.07) is 16.2. The van der Waals surface area contributed by atoms with Gasteiger partial charge in [-0.25, -0.2) is 8.42 Å². The van der Waals surface area contributed by atoms with Gasteiger partial charge in [0, 0.05) is 29.7 Å². The number of carbonyl (C=O) groups excluding carboxylic acids is 1. The van der Waals surface area contributed by atoms with E-state index in [0.29, 0.717) is 18.7 Å². The zero-order valence-corrected chi connectivity index (χ0v) is 16.3. The van der Waals surface area contributed by atoms with E-state index >= 15 is 0 Å². The molecule has 3 aromatic rings. The van der Waals surface area contributed by atoms with Crippen LogP contribution in [0.25, 0.3) is 10.4 Å². The molecule has 0 unspecified atom stereocenters. The molecule has 1 N–H and O–H groups in total. The summed E-state index contributed by atoms with van der Waals surface area (Å²) in [4.78, 5) is 14.6. The molecule has 0 bridgehead atoms. The lowest BCUT2D eigenvalue weighted by molar-refractivity contribution is -0.116. The predicted octanol–water partition coefficient (Wildman–Crippen LogP) is 4.12. The smallest absolute Gasteiger partial charge is 0.261 e. The minimum Gasteiger partial charge on any atom is -0.312 e. The second kappa shape index (κ2) is 6.83. The van der Waals surface area contributed by atoms with Gasteiger partial charge in [0.05, 0.1) is 4.90 Å². The highest BCUT2D eigenvalue weighted by molar-refractivity contribution is 7.92. The van der Waals surface area contributed by atoms with Gasteiger partial charge in [-0.2, -0.15) is 0 Å². The molecule has 1 aromatic heterocycles. The van der Waals surface area contributed by atoms with Crippen molar-refractivity contribution in [3.63, 3.8) is 0 Å². The molecule has 2 heterocycles. The maximum absolute atomic E-state index is 12.8. The average molecular weight is 399 g/mol. The number of nitrogens with zero attached hydrogens (tertiary/aromatic N) is 1. The lowest BCUT2D eigenvalue weighted by Gasteiger charge is -2.15. The summed E-state index contributed by atoms with van der Waals surface area (Å²) >= 11 is 1.61. The first kappa shape index (κ1) is 17.8. The Kier molecular flexibility index (Phi) is 4.49. The van der Waals surface area contributed by atoms with Crippen LogP contribution in [-0.4, -0.2) is 20.9 Å². The van der Waals surface area contributed by atoms with Crippen molar-refractivity contribution in [2.75, 3.05) is 16.2 Å². The number of sulfonamides is 1. The van der Waals surface area contributed by atoms with Gasteiger partial charge in [0.15, 0.2) is 0 Å². The maximum Gasteiger partial charge on any atom is 0.261 e. The fraction of sp³-hybridized carbons (Fsp3) is 0.150. The lowest BCUT2D eigenvalue weighted by Crippen LogP contribution is -2.25. The number of anilines is 2. The molecule has 0 aliphatic carbocycles. The number of carbonyl (C=O) groups is 1. The number of thiophene rings is 1. The van der Waals surface area contributed by atoms with Crippen LogP contribution >= 0.6 is 11.3 Å². The van der Waals surface area contributed by atoms with Crippen LogP contribution in [0.5, 0.6) is 0 Å². The second-order valence-corrected chi connectivity index (χ2v) is 9.00. The summed E-state index contributed by atoms with van der Waals surface area (Å²) in [5.74, 6) is -0.0344. The van der Waals surface area contributed by atoms with Gasteiger partial charge in [-0.3, -0.25) is 9.52 Å². The summed E-state index contributed by atoms with van der Waals surface area (Å²) in [6.07, 6.45) is 0.659. The molecule has 1 aliphatic heterocycles. The van der Waals surface area contributed by atoms with Gasteiger partial charge in [-0.1, -0.05) is 18.2 Å². The first-order valence-corrected chi connectivity index (χ1v) is 10.9. The van der Waals surface area contributed by atoms with E-state index in [0.717, 1.165) is 21.7 Å². The summed E-state index contributed by atoms with van der Waals surface area (Å²) in [5, 5.41) is 1.99. The fourth-order valence-corrected chi connectivity index (χ4v) is 5.09. The third kappa shape index (κ3) is 3.48. The molecule has 1 aliphatic rings. The Balaban J connectivity index is 1.62. The van der Waals surface area contributed by atoms with E-state index in [2.05, 4.69) is 4.72 Å². The molecule has 0 atom stereocenters. The standard InChI is InChI=1S/C20H18N2O3S2/c1-14(23)22-10-9-15-13-18(7-8-19(15)22)27(24,25)21-17-5-2-4-16(12-17)20-6-3-11-26-20/h2-8,11-13,21H,9-10H2,1H3. The highest BCUT2D eigenvalue weighted by Crippen LogP contribution is 2.31. The normalized spacial score (nSPS) is 13.4. The Labute approximate surface area is 162 Å². The Morgan fingerprint density at radius 2 is 1.96 bits per heavy atom. The highest BCUT2D eigenvalue weighted by atomic mass is 32.2. The van der Waals surface area contributed by atoms with Crippen LogP contribution in [0.2, 0.25) is 0 Å². The van der Waals surface area contributed by atoms with Crippen LogP contribution in [0.1, 0.15) is 12.5 Å². The Morgan fingerprint density at radius 3 is 2.70 bits per heavy atom. The topological polar surface area (TPSA) is 66.5 Å². The molecule has 2 aromatic carbocycles. The molecule has 0 saturated carbocycles. The van der Waals surface area contributed by atoms with Crippen LogP contribution in [0, 0.1) is 0 Å². The van der Waals surface area contributed by atoms with Crippen molar-refractivity contribution in [3.8, 4) is 10.4 Å². The van der Waals surface area contributed by atoms with Crippen molar-refractivity contribution >= 4 is 38.6 Å². The average Bonchev–Trinajstić information content (AvgIpc) is 3.31. The van der Waals surface area contributed by atoms with Crippen molar-refractivity contribution < 1.29 is 13.2 Å². The zero-order chi connectivity index (χ0) is 19.0. The summed E-state index contributed by atoms with van der Waals surface area (Å²) in [7, 11) is -3.71. The zero-order valence-electron chi connectivity index (χ0n) is 14.7.